The highest BCUT2D eigenvalue weighted by Gasteiger charge is 2.13. The summed E-state index contributed by atoms with van der Waals surface area (Å²) in [6.45, 7) is 2.00. The number of amides is 2. The first kappa shape index (κ1) is 21.3. The highest BCUT2D eigenvalue weighted by atomic mass is 35.5. The van der Waals surface area contributed by atoms with E-state index in [0.29, 0.717) is 28.6 Å². The molecule has 0 aliphatic heterocycles. The lowest BCUT2D eigenvalue weighted by molar-refractivity contribution is -0.124. The van der Waals surface area contributed by atoms with Crippen LogP contribution in [0, 0.1) is 12.7 Å². The zero-order valence-corrected chi connectivity index (χ0v) is 17.0. The molecule has 0 aliphatic rings. The quantitative estimate of drug-likeness (QED) is 0.568. The van der Waals surface area contributed by atoms with Gasteiger partial charge < -0.3 is 10.6 Å². The summed E-state index contributed by atoms with van der Waals surface area (Å²) in [4.78, 5) is 23.9. The first-order chi connectivity index (χ1) is 14.4. The Morgan fingerprint density at radius 1 is 1.10 bits per heavy atom. The molecule has 0 fully saturated rings. The molecular formula is C22H20ClFN4O2. The van der Waals surface area contributed by atoms with Crippen LogP contribution < -0.4 is 10.6 Å². The van der Waals surface area contributed by atoms with Gasteiger partial charge >= 0.3 is 0 Å². The Labute approximate surface area is 178 Å². The van der Waals surface area contributed by atoms with E-state index >= 15 is 0 Å². The van der Waals surface area contributed by atoms with Crippen molar-refractivity contribution in [2.45, 2.75) is 13.5 Å². The maximum atomic E-state index is 13.1. The molecule has 0 saturated heterocycles. The zero-order valence-electron chi connectivity index (χ0n) is 16.2. The molecule has 8 heteroatoms. The molecule has 0 aliphatic carbocycles. The number of aromatic nitrogens is 2. The molecule has 3 rings (SSSR count). The summed E-state index contributed by atoms with van der Waals surface area (Å²) in [5.41, 5.74) is 2.74. The molecule has 1 heterocycles. The number of halogens is 2. The molecule has 1 aromatic heterocycles. The van der Waals surface area contributed by atoms with Gasteiger partial charge in [0.05, 0.1) is 17.9 Å². The molecule has 0 atom stereocenters. The van der Waals surface area contributed by atoms with Gasteiger partial charge in [-0.2, -0.15) is 5.10 Å². The van der Waals surface area contributed by atoms with Crippen LogP contribution in [0.25, 0.3) is 11.8 Å². The second-order valence-electron chi connectivity index (χ2n) is 6.49. The van der Waals surface area contributed by atoms with Crippen molar-refractivity contribution in [2.24, 2.45) is 0 Å². The second-order valence-corrected chi connectivity index (χ2v) is 6.85. The Morgan fingerprint density at radius 3 is 2.50 bits per heavy atom. The number of hydrogen-bond acceptors (Lipinski definition) is 3. The van der Waals surface area contributed by atoms with E-state index in [1.165, 1.54) is 29.0 Å². The molecule has 3 aromatic rings. The fourth-order valence-electron chi connectivity index (χ4n) is 2.70. The Hall–Kier alpha value is -3.45. The lowest BCUT2D eigenvalue weighted by Crippen LogP contribution is -2.35. The van der Waals surface area contributed by atoms with Crippen molar-refractivity contribution >= 4 is 29.5 Å². The first-order valence-corrected chi connectivity index (χ1v) is 9.59. The van der Waals surface area contributed by atoms with Gasteiger partial charge in [-0.15, -0.1) is 0 Å². The summed E-state index contributed by atoms with van der Waals surface area (Å²) >= 11 is 6.37. The lowest BCUT2D eigenvalue weighted by Gasteiger charge is -2.05. The average molecular weight is 427 g/mol. The number of hydrogen-bond donors (Lipinski definition) is 2. The number of rotatable bonds is 7. The SMILES string of the molecule is Cc1nn(-c2ccc(F)cc2)c(Cl)c1/C=C/C(=O)NCC(=O)NCc1ccccc1. The van der Waals surface area contributed by atoms with Gasteiger partial charge in [0.1, 0.15) is 11.0 Å². The molecule has 0 unspecified atom stereocenters. The van der Waals surface area contributed by atoms with E-state index in [2.05, 4.69) is 15.7 Å². The molecular weight excluding hydrogens is 407 g/mol. The standard InChI is InChI=1S/C22H20ClFN4O2/c1-15-19(22(23)28(27-15)18-9-7-17(24)8-10-18)11-12-20(29)26-14-21(30)25-13-16-5-3-2-4-6-16/h2-12H,13-14H2,1H3,(H,25,30)(H,26,29)/b12-11+. The summed E-state index contributed by atoms with van der Waals surface area (Å²) in [6, 6.07) is 15.2. The normalized spacial score (nSPS) is 10.9. The minimum Gasteiger partial charge on any atom is -0.350 e. The van der Waals surface area contributed by atoms with E-state index in [0.717, 1.165) is 5.56 Å². The van der Waals surface area contributed by atoms with Crippen LogP contribution in [0.1, 0.15) is 16.8 Å². The van der Waals surface area contributed by atoms with Crippen LogP contribution in [0.5, 0.6) is 0 Å². The topological polar surface area (TPSA) is 76.0 Å². The van der Waals surface area contributed by atoms with Crippen molar-refractivity contribution in [3.05, 3.63) is 88.5 Å². The third-order valence-electron chi connectivity index (χ3n) is 4.28. The van der Waals surface area contributed by atoms with Crippen molar-refractivity contribution < 1.29 is 14.0 Å². The number of benzene rings is 2. The summed E-state index contributed by atoms with van der Waals surface area (Å²) < 4.78 is 14.6. The molecule has 154 valence electrons. The number of nitrogens with zero attached hydrogens (tertiary/aromatic N) is 2. The molecule has 2 N–H and O–H groups in total. The van der Waals surface area contributed by atoms with Crippen LogP contribution in [-0.2, 0) is 16.1 Å². The highest BCUT2D eigenvalue weighted by Crippen LogP contribution is 2.24. The van der Waals surface area contributed by atoms with Gasteiger partial charge in [-0.05, 0) is 42.8 Å². The minimum atomic E-state index is -0.435. The molecule has 30 heavy (non-hydrogen) atoms. The molecule has 0 spiro atoms. The van der Waals surface area contributed by atoms with Gasteiger partial charge in [0.2, 0.25) is 11.8 Å². The van der Waals surface area contributed by atoms with E-state index in [1.807, 2.05) is 30.3 Å². The Bertz CT molecular complexity index is 1060. The summed E-state index contributed by atoms with van der Waals surface area (Å²) in [7, 11) is 0. The summed E-state index contributed by atoms with van der Waals surface area (Å²) in [5.74, 6) is -1.09. The fourth-order valence-corrected chi connectivity index (χ4v) is 3.03. The van der Waals surface area contributed by atoms with Crippen LogP contribution in [-0.4, -0.2) is 28.1 Å². The molecule has 0 saturated carbocycles. The summed E-state index contributed by atoms with van der Waals surface area (Å²) in [6.07, 6.45) is 2.82. The van der Waals surface area contributed by atoms with E-state index in [4.69, 9.17) is 11.6 Å². The molecule has 0 radical (unpaired) electrons. The molecule has 2 aromatic carbocycles. The minimum absolute atomic E-state index is 0.141. The predicted molar refractivity (Wildman–Crippen MR) is 114 cm³/mol. The molecule has 0 bridgehead atoms. The molecule has 2 amide bonds. The van der Waals surface area contributed by atoms with Crippen LogP contribution in [0.4, 0.5) is 4.39 Å². The third kappa shape index (κ3) is 5.55. The third-order valence-corrected chi connectivity index (χ3v) is 4.64. The molecule has 6 nitrogen and oxygen atoms in total. The average Bonchev–Trinajstić information content (AvgIpc) is 3.04. The summed E-state index contributed by atoms with van der Waals surface area (Å²) in [5, 5.41) is 9.88. The van der Waals surface area contributed by atoms with E-state index < -0.39 is 5.91 Å². The number of aryl methyl sites for hydroxylation is 1. The van der Waals surface area contributed by atoms with Crippen molar-refractivity contribution in [1.29, 1.82) is 0 Å². The van der Waals surface area contributed by atoms with Gasteiger partial charge in [0.25, 0.3) is 0 Å². The van der Waals surface area contributed by atoms with Gasteiger partial charge in [-0.3, -0.25) is 9.59 Å². The van der Waals surface area contributed by atoms with E-state index in [1.54, 1.807) is 19.1 Å². The maximum absolute atomic E-state index is 13.1. The van der Waals surface area contributed by atoms with Crippen molar-refractivity contribution in [3.63, 3.8) is 0 Å². The van der Waals surface area contributed by atoms with E-state index in [9.17, 15) is 14.0 Å². The Balaban J connectivity index is 1.55. The van der Waals surface area contributed by atoms with Gasteiger partial charge in [-0.25, -0.2) is 9.07 Å². The lowest BCUT2D eigenvalue weighted by atomic mass is 10.2. The monoisotopic (exact) mass is 426 g/mol. The first-order valence-electron chi connectivity index (χ1n) is 9.21. The Kier molecular flexibility index (Phi) is 6.98. The van der Waals surface area contributed by atoms with Crippen molar-refractivity contribution in [1.82, 2.24) is 20.4 Å². The van der Waals surface area contributed by atoms with E-state index in [-0.39, 0.29) is 18.3 Å². The van der Waals surface area contributed by atoms with Gasteiger partial charge in [0.15, 0.2) is 0 Å². The fraction of sp³-hybridized carbons (Fsp3) is 0.136. The van der Waals surface area contributed by atoms with Crippen LogP contribution in [0.2, 0.25) is 5.15 Å². The maximum Gasteiger partial charge on any atom is 0.244 e. The number of carbonyl (C=O) groups excluding carboxylic acids is 2. The van der Waals surface area contributed by atoms with Gasteiger partial charge in [0, 0.05) is 18.2 Å². The van der Waals surface area contributed by atoms with Crippen molar-refractivity contribution in [2.75, 3.05) is 6.54 Å². The number of nitrogens with one attached hydrogen (secondary N) is 2. The van der Waals surface area contributed by atoms with Crippen LogP contribution in [0.3, 0.4) is 0 Å². The van der Waals surface area contributed by atoms with Crippen molar-refractivity contribution in [3.8, 4) is 5.69 Å². The van der Waals surface area contributed by atoms with Crippen LogP contribution in [0.15, 0.2) is 60.7 Å². The van der Waals surface area contributed by atoms with Gasteiger partial charge in [-0.1, -0.05) is 41.9 Å². The second kappa shape index (κ2) is 9.84. The largest absolute Gasteiger partial charge is 0.350 e. The highest BCUT2D eigenvalue weighted by molar-refractivity contribution is 6.31. The smallest absolute Gasteiger partial charge is 0.244 e. The Morgan fingerprint density at radius 2 is 1.80 bits per heavy atom. The number of carbonyl (C=O) groups is 2. The zero-order chi connectivity index (χ0) is 21.5. The predicted octanol–water partition coefficient (Wildman–Crippen LogP) is 3.42. The van der Waals surface area contributed by atoms with Crippen LogP contribution >= 0.6 is 11.6 Å².